The van der Waals surface area contributed by atoms with Gasteiger partial charge < -0.3 is 19.5 Å². The molecule has 2 aromatic heterocycles. The lowest BCUT2D eigenvalue weighted by atomic mass is 10.1. The van der Waals surface area contributed by atoms with Crippen LogP contribution in [0.1, 0.15) is 27.2 Å². The Morgan fingerprint density at radius 3 is 2.73 bits per heavy atom. The van der Waals surface area contributed by atoms with E-state index >= 15 is 0 Å². The highest BCUT2D eigenvalue weighted by molar-refractivity contribution is 7.23. The third-order valence-corrected chi connectivity index (χ3v) is 6.55. The van der Waals surface area contributed by atoms with Crippen molar-refractivity contribution in [2.75, 3.05) is 26.6 Å². The summed E-state index contributed by atoms with van der Waals surface area (Å²) in [6.07, 6.45) is 3.02. The number of hydrogen-bond donors (Lipinski definition) is 1. The summed E-state index contributed by atoms with van der Waals surface area (Å²) in [5.41, 5.74) is 2.53. The topological polar surface area (TPSA) is 69.7 Å². The van der Waals surface area contributed by atoms with Crippen LogP contribution in [-0.4, -0.2) is 32.3 Å². The lowest BCUT2D eigenvalue weighted by molar-refractivity contribution is 0.0601. The number of thiazole rings is 1. The van der Waals surface area contributed by atoms with Crippen molar-refractivity contribution in [2.45, 2.75) is 19.3 Å². The Hall–Kier alpha value is -2.32. The van der Waals surface area contributed by atoms with Gasteiger partial charge in [0.05, 0.1) is 31.6 Å². The minimum atomic E-state index is -0.299. The van der Waals surface area contributed by atoms with Gasteiger partial charge in [0.2, 0.25) is 0 Å². The molecule has 0 radical (unpaired) electrons. The van der Waals surface area contributed by atoms with Crippen molar-refractivity contribution in [3.05, 3.63) is 28.1 Å². The summed E-state index contributed by atoms with van der Waals surface area (Å²) < 4.78 is 16.7. The van der Waals surface area contributed by atoms with Gasteiger partial charge in [0.1, 0.15) is 22.0 Å². The van der Waals surface area contributed by atoms with E-state index < -0.39 is 0 Å². The van der Waals surface area contributed by atoms with Gasteiger partial charge in [0.15, 0.2) is 5.13 Å². The summed E-state index contributed by atoms with van der Waals surface area (Å²) in [5, 5.41) is 4.83. The minimum Gasteiger partial charge on any atom is -0.497 e. The quantitative estimate of drug-likeness (QED) is 0.652. The van der Waals surface area contributed by atoms with Crippen LogP contribution in [0.25, 0.3) is 10.2 Å². The van der Waals surface area contributed by atoms with E-state index in [2.05, 4.69) is 10.3 Å². The fraction of sp³-hybridized carbons (Fsp3) is 0.333. The molecule has 1 aliphatic rings. The smallest absolute Gasteiger partial charge is 0.341 e. The third kappa shape index (κ3) is 2.79. The Labute approximate surface area is 158 Å². The Kier molecular flexibility index (Phi) is 4.46. The van der Waals surface area contributed by atoms with E-state index in [1.165, 1.54) is 23.3 Å². The molecule has 6 nitrogen and oxygen atoms in total. The van der Waals surface area contributed by atoms with Crippen molar-refractivity contribution in [1.29, 1.82) is 0 Å². The number of ether oxygens (including phenoxy) is 3. The van der Waals surface area contributed by atoms with E-state index in [0.717, 1.165) is 45.8 Å². The van der Waals surface area contributed by atoms with E-state index in [-0.39, 0.29) is 5.97 Å². The van der Waals surface area contributed by atoms with Gasteiger partial charge in [-0.1, -0.05) is 11.3 Å². The second kappa shape index (κ2) is 6.77. The number of aromatic nitrogens is 1. The summed E-state index contributed by atoms with van der Waals surface area (Å²) in [6.45, 7) is 0. The van der Waals surface area contributed by atoms with Crippen molar-refractivity contribution in [1.82, 2.24) is 4.98 Å². The number of nitrogens with zero attached hydrogens (tertiary/aromatic N) is 1. The molecule has 0 unspecified atom stereocenters. The molecule has 0 fully saturated rings. The van der Waals surface area contributed by atoms with Gasteiger partial charge in [-0.15, -0.1) is 11.3 Å². The number of carbonyl (C=O) groups excluding carboxylic acids is 1. The summed E-state index contributed by atoms with van der Waals surface area (Å²) in [4.78, 5) is 18.2. The maximum atomic E-state index is 12.3. The zero-order chi connectivity index (χ0) is 18.3. The van der Waals surface area contributed by atoms with Gasteiger partial charge in [0, 0.05) is 10.9 Å². The van der Waals surface area contributed by atoms with Crippen LogP contribution in [0.2, 0.25) is 0 Å². The highest BCUT2D eigenvalue weighted by atomic mass is 32.1. The van der Waals surface area contributed by atoms with Crippen molar-refractivity contribution in [3.63, 3.8) is 0 Å². The number of nitrogens with one attached hydrogen (secondary N) is 1. The first-order valence-corrected chi connectivity index (χ1v) is 9.80. The van der Waals surface area contributed by atoms with Crippen molar-refractivity contribution in [3.8, 4) is 11.5 Å². The number of fused-ring (bicyclic) bond motifs is 2. The van der Waals surface area contributed by atoms with Gasteiger partial charge >= 0.3 is 5.97 Å². The van der Waals surface area contributed by atoms with E-state index in [1.54, 1.807) is 25.6 Å². The van der Waals surface area contributed by atoms with E-state index in [1.807, 2.05) is 12.1 Å². The first kappa shape index (κ1) is 17.1. The summed E-state index contributed by atoms with van der Waals surface area (Å²) >= 11 is 3.11. The average molecular weight is 390 g/mol. The number of thiophene rings is 1. The average Bonchev–Trinajstić information content (AvgIpc) is 3.33. The van der Waals surface area contributed by atoms with E-state index in [4.69, 9.17) is 14.2 Å². The van der Waals surface area contributed by atoms with Crippen molar-refractivity contribution < 1.29 is 19.0 Å². The van der Waals surface area contributed by atoms with Crippen LogP contribution < -0.4 is 14.8 Å². The normalized spacial score (nSPS) is 12.9. The Morgan fingerprint density at radius 2 is 2.00 bits per heavy atom. The number of carbonyl (C=O) groups is 1. The molecule has 4 rings (SSSR count). The van der Waals surface area contributed by atoms with Gasteiger partial charge in [0.25, 0.3) is 0 Å². The van der Waals surface area contributed by atoms with Gasteiger partial charge in [-0.05, 0) is 30.9 Å². The standard InChI is InChI=1S/C18H18N2O4S2/c1-22-9-7-11(23-2)15-13(8-9)26-18(19-15)20-16-14(17(21)24-3)10-5-4-6-12(10)25-16/h7-8H,4-6H2,1-3H3,(H,19,20). The molecular weight excluding hydrogens is 372 g/mol. The van der Waals surface area contributed by atoms with Crippen LogP contribution in [0.3, 0.4) is 0 Å². The van der Waals surface area contributed by atoms with Gasteiger partial charge in [-0.3, -0.25) is 0 Å². The SMILES string of the molecule is COC(=O)c1c(Nc2nc3c(OC)cc(OC)cc3s2)sc2c1CCC2. The summed E-state index contributed by atoms with van der Waals surface area (Å²) in [5.74, 6) is 1.08. The fourth-order valence-electron chi connectivity index (χ4n) is 3.21. The Bertz CT molecular complexity index is 993. The molecule has 0 bridgehead atoms. The molecule has 0 saturated carbocycles. The first-order valence-electron chi connectivity index (χ1n) is 8.17. The maximum Gasteiger partial charge on any atom is 0.341 e. The molecule has 0 spiro atoms. The number of hydrogen-bond acceptors (Lipinski definition) is 8. The van der Waals surface area contributed by atoms with Crippen LogP contribution in [-0.2, 0) is 17.6 Å². The predicted octanol–water partition coefficient (Wildman–Crippen LogP) is 4.39. The summed E-state index contributed by atoms with van der Waals surface area (Å²) in [7, 11) is 4.65. The monoisotopic (exact) mass is 390 g/mol. The lowest BCUT2D eigenvalue weighted by Crippen LogP contribution is -2.05. The molecule has 3 aromatic rings. The number of rotatable bonds is 5. The second-order valence-corrected chi connectivity index (χ2v) is 8.01. The molecule has 26 heavy (non-hydrogen) atoms. The molecule has 0 aliphatic heterocycles. The highest BCUT2D eigenvalue weighted by Gasteiger charge is 2.27. The molecule has 1 aromatic carbocycles. The maximum absolute atomic E-state index is 12.3. The molecule has 1 N–H and O–H groups in total. The molecule has 0 amide bonds. The Balaban J connectivity index is 1.75. The molecule has 136 valence electrons. The number of esters is 1. The van der Waals surface area contributed by atoms with E-state index in [0.29, 0.717) is 16.4 Å². The molecular formula is C18H18N2O4S2. The van der Waals surface area contributed by atoms with E-state index in [9.17, 15) is 4.79 Å². The Morgan fingerprint density at radius 1 is 1.15 bits per heavy atom. The number of anilines is 2. The van der Waals surface area contributed by atoms with Gasteiger partial charge in [-0.25, -0.2) is 9.78 Å². The highest BCUT2D eigenvalue weighted by Crippen LogP contribution is 2.43. The molecule has 0 atom stereocenters. The van der Waals surface area contributed by atoms with Crippen LogP contribution >= 0.6 is 22.7 Å². The minimum absolute atomic E-state index is 0.299. The second-order valence-electron chi connectivity index (χ2n) is 5.87. The third-order valence-electron chi connectivity index (χ3n) is 4.42. The van der Waals surface area contributed by atoms with Crippen molar-refractivity contribution in [2.24, 2.45) is 0 Å². The van der Waals surface area contributed by atoms with Crippen LogP contribution in [0.4, 0.5) is 10.1 Å². The zero-order valence-electron chi connectivity index (χ0n) is 14.7. The van der Waals surface area contributed by atoms with Crippen LogP contribution in [0.15, 0.2) is 12.1 Å². The summed E-state index contributed by atoms with van der Waals surface area (Å²) in [6, 6.07) is 3.74. The lowest BCUT2D eigenvalue weighted by Gasteiger charge is -2.05. The fourth-order valence-corrected chi connectivity index (χ4v) is 5.47. The van der Waals surface area contributed by atoms with Gasteiger partial charge in [-0.2, -0.15) is 0 Å². The molecule has 0 saturated heterocycles. The van der Waals surface area contributed by atoms with Crippen LogP contribution in [0, 0.1) is 0 Å². The first-order chi connectivity index (χ1) is 12.6. The number of aryl methyl sites for hydroxylation is 1. The predicted molar refractivity (Wildman–Crippen MR) is 104 cm³/mol. The number of benzene rings is 1. The molecule has 8 heteroatoms. The van der Waals surface area contributed by atoms with Crippen LogP contribution in [0.5, 0.6) is 11.5 Å². The van der Waals surface area contributed by atoms with Crippen molar-refractivity contribution >= 4 is 49.0 Å². The number of methoxy groups -OCH3 is 3. The molecule has 2 heterocycles. The molecule has 1 aliphatic carbocycles. The largest absolute Gasteiger partial charge is 0.497 e. The zero-order valence-corrected chi connectivity index (χ0v) is 16.3.